The second kappa shape index (κ2) is 10.9. The van der Waals surface area contributed by atoms with Gasteiger partial charge in [0.05, 0.1) is 13.2 Å². The zero-order chi connectivity index (χ0) is 15.5. The van der Waals surface area contributed by atoms with Crippen LogP contribution in [0.3, 0.4) is 0 Å². The Hall–Kier alpha value is -0.810. The first kappa shape index (κ1) is 19.2. The van der Waals surface area contributed by atoms with E-state index < -0.39 is 6.16 Å². The predicted octanol–water partition coefficient (Wildman–Crippen LogP) is 2.45. The van der Waals surface area contributed by atoms with Crippen LogP contribution in [0.25, 0.3) is 0 Å². The van der Waals surface area contributed by atoms with Crippen LogP contribution in [0.15, 0.2) is 0 Å². The van der Waals surface area contributed by atoms with E-state index in [1.54, 1.807) is 0 Å². The summed E-state index contributed by atoms with van der Waals surface area (Å²) in [6.07, 6.45) is 0.561. The third kappa shape index (κ3) is 8.38. The van der Waals surface area contributed by atoms with Crippen molar-refractivity contribution >= 4 is 6.16 Å². The number of aliphatic hydroxyl groups excluding tert-OH is 2. The number of rotatable bonds is 10. The molecule has 120 valence electrons. The van der Waals surface area contributed by atoms with Crippen LogP contribution in [0.5, 0.6) is 0 Å². The van der Waals surface area contributed by atoms with E-state index in [2.05, 4.69) is 0 Å². The van der Waals surface area contributed by atoms with E-state index in [9.17, 15) is 4.79 Å². The lowest BCUT2D eigenvalue weighted by Crippen LogP contribution is -2.23. The molecular weight excluding hydrogens is 260 g/mol. The van der Waals surface area contributed by atoms with Crippen molar-refractivity contribution in [1.82, 2.24) is 0 Å². The van der Waals surface area contributed by atoms with Crippen LogP contribution < -0.4 is 0 Å². The summed E-state index contributed by atoms with van der Waals surface area (Å²) in [6.45, 7) is 8.85. The molecular formula is C15H30O5. The van der Waals surface area contributed by atoms with Crippen LogP contribution in [-0.4, -0.2) is 42.8 Å². The van der Waals surface area contributed by atoms with Crippen LogP contribution in [0.2, 0.25) is 0 Å². The summed E-state index contributed by atoms with van der Waals surface area (Å²) in [5, 5.41) is 17.9. The highest BCUT2D eigenvalue weighted by atomic mass is 16.7. The minimum absolute atomic E-state index is 0.0905. The number of aliphatic hydroxyl groups is 2. The Morgan fingerprint density at radius 1 is 0.850 bits per heavy atom. The Bertz CT molecular complexity index is 229. The first-order valence-electron chi connectivity index (χ1n) is 7.43. The fourth-order valence-electron chi connectivity index (χ4n) is 1.94. The molecule has 2 atom stereocenters. The van der Waals surface area contributed by atoms with Gasteiger partial charge < -0.3 is 19.7 Å². The molecule has 0 rings (SSSR count). The second-order valence-electron chi connectivity index (χ2n) is 5.90. The average molecular weight is 290 g/mol. The molecule has 5 nitrogen and oxygen atoms in total. The van der Waals surface area contributed by atoms with Gasteiger partial charge in [-0.25, -0.2) is 4.79 Å². The molecule has 0 aliphatic carbocycles. The van der Waals surface area contributed by atoms with E-state index in [1.165, 1.54) is 0 Å². The molecule has 0 aromatic heterocycles. The highest BCUT2D eigenvalue weighted by molar-refractivity contribution is 5.59. The fraction of sp³-hybridized carbons (Fsp3) is 0.933. The Balaban J connectivity index is 4.03. The first-order chi connectivity index (χ1) is 9.42. The molecule has 2 N–H and O–H groups in total. The Morgan fingerprint density at radius 2 is 1.20 bits per heavy atom. The monoisotopic (exact) mass is 290 g/mol. The van der Waals surface area contributed by atoms with E-state index in [-0.39, 0.29) is 38.3 Å². The molecule has 0 saturated heterocycles. The van der Waals surface area contributed by atoms with E-state index in [0.717, 1.165) is 0 Å². The number of carbonyl (C=O) groups is 1. The summed E-state index contributed by atoms with van der Waals surface area (Å²) < 4.78 is 10.2. The maximum atomic E-state index is 11.5. The van der Waals surface area contributed by atoms with Crippen molar-refractivity contribution in [2.75, 3.05) is 26.4 Å². The smallest absolute Gasteiger partial charge is 0.434 e. The molecule has 0 amide bonds. The highest BCUT2D eigenvalue weighted by Crippen LogP contribution is 2.17. The lowest BCUT2D eigenvalue weighted by molar-refractivity contribution is 0.0191. The maximum Gasteiger partial charge on any atom is 0.508 e. The van der Waals surface area contributed by atoms with Crippen molar-refractivity contribution in [3.8, 4) is 0 Å². The Morgan fingerprint density at radius 3 is 1.45 bits per heavy atom. The molecule has 0 aromatic rings. The SMILES string of the molecule is CC(C)C(CCO)COC(=O)OCC(CCO)C(C)C. The largest absolute Gasteiger partial charge is 0.508 e. The topological polar surface area (TPSA) is 76.0 Å². The summed E-state index contributed by atoms with van der Waals surface area (Å²) in [7, 11) is 0. The van der Waals surface area contributed by atoms with Crippen molar-refractivity contribution in [3.05, 3.63) is 0 Å². The van der Waals surface area contributed by atoms with Crippen molar-refractivity contribution in [3.63, 3.8) is 0 Å². The predicted molar refractivity (Wildman–Crippen MR) is 77.4 cm³/mol. The summed E-state index contributed by atoms with van der Waals surface area (Å²) in [6, 6.07) is 0. The first-order valence-corrected chi connectivity index (χ1v) is 7.43. The third-order valence-corrected chi connectivity index (χ3v) is 3.72. The Labute approximate surface area is 122 Å². The van der Waals surface area contributed by atoms with Crippen LogP contribution >= 0.6 is 0 Å². The summed E-state index contributed by atoms with van der Waals surface area (Å²) in [5.41, 5.74) is 0. The lowest BCUT2D eigenvalue weighted by atomic mass is 9.94. The Kier molecular flexibility index (Phi) is 10.5. The van der Waals surface area contributed by atoms with Crippen LogP contribution in [-0.2, 0) is 9.47 Å². The van der Waals surface area contributed by atoms with E-state index in [0.29, 0.717) is 24.7 Å². The van der Waals surface area contributed by atoms with Gasteiger partial charge >= 0.3 is 6.16 Å². The van der Waals surface area contributed by atoms with Crippen LogP contribution in [0.1, 0.15) is 40.5 Å². The average Bonchev–Trinajstić information content (AvgIpc) is 2.38. The molecule has 0 aliphatic heterocycles. The van der Waals surface area contributed by atoms with E-state index in [4.69, 9.17) is 19.7 Å². The minimum atomic E-state index is -0.669. The standard InChI is InChI=1S/C15H30O5/c1-11(2)13(5-7-16)9-19-15(18)20-10-14(6-8-17)12(3)4/h11-14,16-17H,5-10H2,1-4H3. The molecule has 0 aliphatic rings. The normalized spacial score (nSPS) is 14.4. The number of carbonyl (C=O) groups excluding carboxylic acids is 1. The maximum absolute atomic E-state index is 11.5. The molecule has 0 saturated carbocycles. The molecule has 0 bridgehead atoms. The molecule has 0 heterocycles. The quantitative estimate of drug-likeness (QED) is 0.604. The summed E-state index contributed by atoms with van der Waals surface area (Å²) in [4.78, 5) is 11.5. The van der Waals surface area contributed by atoms with E-state index in [1.807, 2.05) is 27.7 Å². The zero-order valence-corrected chi connectivity index (χ0v) is 13.2. The molecule has 20 heavy (non-hydrogen) atoms. The summed E-state index contributed by atoms with van der Waals surface area (Å²) >= 11 is 0. The zero-order valence-electron chi connectivity index (χ0n) is 13.2. The van der Waals surface area contributed by atoms with Crippen molar-refractivity contribution in [1.29, 1.82) is 0 Å². The van der Waals surface area contributed by atoms with Gasteiger partial charge in [-0.05, 0) is 36.5 Å². The van der Waals surface area contributed by atoms with Gasteiger partial charge in [0, 0.05) is 13.2 Å². The van der Waals surface area contributed by atoms with Crippen LogP contribution in [0.4, 0.5) is 4.79 Å². The molecule has 2 unspecified atom stereocenters. The van der Waals surface area contributed by atoms with Crippen LogP contribution in [0, 0.1) is 23.7 Å². The van der Waals surface area contributed by atoms with Gasteiger partial charge in [-0.2, -0.15) is 0 Å². The highest BCUT2D eigenvalue weighted by Gasteiger charge is 2.18. The van der Waals surface area contributed by atoms with Crippen molar-refractivity contribution in [2.24, 2.45) is 23.7 Å². The molecule has 0 fully saturated rings. The van der Waals surface area contributed by atoms with Gasteiger partial charge in [0.1, 0.15) is 0 Å². The third-order valence-electron chi connectivity index (χ3n) is 3.72. The van der Waals surface area contributed by atoms with Gasteiger partial charge in [0.25, 0.3) is 0 Å². The molecule has 0 radical (unpaired) electrons. The number of hydrogen-bond donors (Lipinski definition) is 2. The van der Waals surface area contributed by atoms with Gasteiger partial charge in [-0.3, -0.25) is 0 Å². The fourth-order valence-corrected chi connectivity index (χ4v) is 1.94. The second-order valence-corrected chi connectivity index (χ2v) is 5.90. The van der Waals surface area contributed by atoms with Crippen molar-refractivity contribution < 1.29 is 24.5 Å². The summed E-state index contributed by atoms with van der Waals surface area (Å²) in [5.74, 6) is 0.970. The van der Waals surface area contributed by atoms with Gasteiger partial charge in [-0.15, -0.1) is 0 Å². The molecule has 5 heteroatoms. The van der Waals surface area contributed by atoms with Gasteiger partial charge in [-0.1, -0.05) is 27.7 Å². The van der Waals surface area contributed by atoms with E-state index >= 15 is 0 Å². The van der Waals surface area contributed by atoms with Crippen molar-refractivity contribution in [2.45, 2.75) is 40.5 Å². The molecule has 0 aromatic carbocycles. The van der Waals surface area contributed by atoms with Gasteiger partial charge in [0.2, 0.25) is 0 Å². The minimum Gasteiger partial charge on any atom is -0.434 e. The lowest BCUT2D eigenvalue weighted by Gasteiger charge is -2.21. The number of hydrogen-bond acceptors (Lipinski definition) is 5. The number of ether oxygens (including phenoxy) is 2. The van der Waals surface area contributed by atoms with Gasteiger partial charge in [0.15, 0.2) is 0 Å². The molecule has 0 spiro atoms.